The van der Waals surface area contributed by atoms with Gasteiger partial charge in [0.25, 0.3) is 11.8 Å². The number of carbonyl (C=O) groups excluding carboxylic acids is 1. The van der Waals surface area contributed by atoms with Crippen molar-refractivity contribution in [3.8, 4) is 11.6 Å². The third-order valence-electron chi connectivity index (χ3n) is 5.82. The fourth-order valence-electron chi connectivity index (χ4n) is 3.90. The number of aromatic nitrogens is 3. The molecule has 3 rings (SSSR count). The quantitative estimate of drug-likeness (QED) is 0.272. The maximum Gasteiger partial charge on any atom is 0.426 e. The second-order valence-corrected chi connectivity index (χ2v) is 11.8. The van der Waals surface area contributed by atoms with Crippen molar-refractivity contribution in [1.82, 2.24) is 15.2 Å². The molecule has 0 aromatic carbocycles. The third-order valence-corrected chi connectivity index (χ3v) is 5.82. The summed E-state index contributed by atoms with van der Waals surface area (Å²) in [6.45, 7) is 9.46. The minimum atomic E-state index is -5.21. The van der Waals surface area contributed by atoms with Gasteiger partial charge >= 0.3 is 18.4 Å². The normalized spacial score (nSPS) is 20.2. The van der Waals surface area contributed by atoms with Gasteiger partial charge in [0, 0.05) is 0 Å². The minimum Gasteiger partial charge on any atom is -0.444 e. The molecule has 0 unspecified atom stereocenters. The molecule has 3 heterocycles. The first-order valence-electron chi connectivity index (χ1n) is 13.1. The topological polar surface area (TPSA) is 132 Å². The summed E-state index contributed by atoms with van der Waals surface area (Å²) in [5, 5.41) is 23.6. The fraction of sp³-hybridized carbons (Fsp3) is 0.654. The molecule has 0 fully saturated rings. The van der Waals surface area contributed by atoms with Crippen molar-refractivity contribution >= 4 is 17.5 Å². The Morgan fingerprint density at radius 3 is 2.19 bits per heavy atom. The van der Waals surface area contributed by atoms with E-state index in [1.807, 2.05) is 0 Å². The van der Waals surface area contributed by atoms with Crippen molar-refractivity contribution in [2.24, 2.45) is 5.16 Å². The van der Waals surface area contributed by atoms with E-state index in [0.717, 1.165) is 0 Å². The SMILES string of the molecule is CC(C)(C)ON=C1CCCCCC[C@](O)(C(F)(F)F)c2nnc(o2)-c2nc1c(C(F)(F)F)cc2NC(=O)OC(C)(C)C. The zero-order valence-corrected chi connectivity index (χ0v) is 24.0. The molecule has 10 nitrogen and oxygen atoms in total. The summed E-state index contributed by atoms with van der Waals surface area (Å²) < 4.78 is 95.5. The van der Waals surface area contributed by atoms with Gasteiger partial charge in [0.1, 0.15) is 22.6 Å². The van der Waals surface area contributed by atoms with Crippen LogP contribution in [-0.2, 0) is 21.4 Å². The van der Waals surface area contributed by atoms with Crippen LogP contribution in [0.15, 0.2) is 15.6 Å². The maximum absolute atomic E-state index is 14.4. The summed E-state index contributed by atoms with van der Waals surface area (Å²) in [5.41, 5.74) is -8.92. The van der Waals surface area contributed by atoms with Gasteiger partial charge in [-0.15, -0.1) is 10.2 Å². The Hall–Kier alpha value is -3.43. The summed E-state index contributed by atoms with van der Waals surface area (Å²) in [7, 11) is 0. The lowest BCUT2D eigenvalue weighted by molar-refractivity contribution is -0.277. The van der Waals surface area contributed by atoms with Gasteiger partial charge in [-0.2, -0.15) is 26.3 Å². The lowest BCUT2D eigenvalue weighted by Crippen LogP contribution is -2.42. The zero-order valence-electron chi connectivity index (χ0n) is 24.0. The molecule has 42 heavy (non-hydrogen) atoms. The van der Waals surface area contributed by atoms with E-state index < -0.39 is 76.1 Å². The Bertz CT molecular complexity index is 1310. The smallest absolute Gasteiger partial charge is 0.426 e. The second-order valence-electron chi connectivity index (χ2n) is 11.8. The molecular formula is C26H33F6N5O5. The van der Waals surface area contributed by atoms with Crippen LogP contribution in [0, 0.1) is 0 Å². The number of nitrogens with zero attached hydrogens (tertiary/aromatic N) is 4. The molecule has 234 valence electrons. The molecule has 1 aliphatic heterocycles. The second kappa shape index (κ2) is 11.7. The van der Waals surface area contributed by atoms with Gasteiger partial charge in [-0.05, 0) is 73.3 Å². The predicted molar refractivity (Wildman–Crippen MR) is 137 cm³/mol. The number of pyridine rings is 1. The molecule has 0 aliphatic carbocycles. The Morgan fingerprint density at radius 2 is 1.62 bits per heavy atom. The van der Waals surface area contributed by atoms with Gasteiger partial charge in [0.2, 0.25) is 5.60 Å². The van der Waals surface area contributed by atoms with E-state index in [-0.39, 0.29) is 31.4 Å². The van der Waals surface area contributed by atoms with Crippen LogP contribution in [0.2, 0.25) is 0 Å². The van der Waals surface area contributed by atoms with Crippen molar-refractivity contribution < 1.29 is 50.2 Å². The van der Waals surface area contributed by atoms with Gasteiger partial charge in [-0.1, -0.05) is 18.0 Å². The van der Waals surface area contributed by atoms with Gasteiger partial charge in [-0.25, -0.2) is 9.78 Å². The minimum absolute atomic E-state index is 0.0803. The van der Waals surface area contributed by atoms with Crippen LogP contribution in [0.1, 0.15) is 97.2 Å². The van der Waals surface area contributed by atoms with E-state index in [9.17, 15) is 36.2 Å². The average molecular weight is 610 g/mol. The highest BCUT2D eigenvalue weighted by Crippen LogP contribution is 2.44. The molecule has 0 saturated carbocycles. The number of aliphatic hydroxyl groups is 1. The van der Waals surface area contributed by atoms with Gasteiger partial charge in [0.15, 0.2) is 5.69 Å². The van der Waals surface area contributed by atoms with Crippen molar-refractivity contribution in [1.29, 1.82) is 0 Å². The Labute approximate surface area is 237 Å². The first-order chi connectivity index (χ1) is 19.1. The van der Waals surface area contributed by atoms with E-state index in [1.165, 1.54) is 20.8 Å². The standard InChI is InChI=1S/C26H33F6N5O5/c1-22(2,3)41-21(38)33-16-13-14(25(27,28)29)17-15(37-42-23(4,5)6)11-9-7-8-10-12-24(39,26(30,31)32)20-36-35-19(40-20)18(16)34-17/h13,39H,7-12H2,1-6H3,(H,33,38)/t24-/m1/s1. The van der Waals surface area contributed by atoms with Gasteiger partial charge in [0.05, 0.1) is 11.3 Å². The van der Waals surface area contributed by atoms with Crippen LogP contribution < -0.4 is 5.32 Å². The lowest BCUT2D eigenvalue weighted by Gasteiger charge is -2.27. The monoisotopic (exact) mass is 609 g/mol. The van der Waals surface area contributed by atoms with E-state index in [4.69, 9.17) is 14.0 Å². The molecule has 16 heteroatoms. The highest BCUT2D eigenvalue weighted by atomic mass is 19.4. The number of fused-ring (bicyclic) bond motifs is 5. The Kier molecular flexibility index (Phi) is 9.20. The van der Waals surface area contributed by atoms with Gasteiger partial charge < -0.3 is 19.1 Å². The number of nitrogens with one attached hydrogen (secondary N) is 1. The number of hydrogen-bond acceptors (Lipinski definition) is 9. The van der Waals surface area contributed by atoms with E-state index in [1.54, 1.807) is 20.8 Å². The number of carbonyl (C=O) groups is 1. The number of amides is 1. The summed E-state index contributed by atoms with van der Waals surface area (Å²) >= 11 is 0. The number of ether oxygens (including phenoxy) is 1. The van der Waals surface area contributed by atoms with E-state index in [2.05, 4.69) is 25.7 Å². The number of rotatable bonds is 2. The Morgan fingerprint density at radius 1 is 0.976 bits per heavy atom. The fourth-order valence-corrected chi connectivity index (χ4v) is 3.90. The van der Waals surface area contributed by atoms with Crippen LogP contribution in [0.25, 0.3) is 11.6 Å². The number of anilines is 1. The number of hydrogen-bond donors (Lipinski definition) is 2. The molecule has 4 bridgehead atoms. The van der Waals surface area contributed by atoms with Crippen LogP contribution in [0.3, 0.4) is 0 Å². The molecule has 2 N–H and O–H groups in total. The molecule has 2 aromatic rings. The van der Waals surface area contributed by atoms with Crippen LogP contribution >= 0.6 is 0 Å². The molecule has 1 aliphatic rings. The van der Waals surface area contributed by atoms with Crippen LogP contribution in [0.5, 0.6) is 0 Å². The largest absolute Gasteiger partial charge is 0.444 e. The number of alkyl halides is 6. The van der Waals surface area contributed by atoms with Crippen molar-refractivity contribution in [3.63, 3.8) is 0 Å². The summed E-state index contributed by atoms with van der Waals surface area (Å²) in [5.74, 6) is -2.01. The van der Waals surface area contributed by atoms with Crippen molar-refractivity contribution in [2.45, 2.75) is 109 Å². The summed E-state index contributed by atoms with van der Waals surface area (Å²) in [6, 6.07) is 0.528. The van der Waals surface area contributed by atoms with Crippen molar-refractivity contribution in [2.75, 3.05) is 5.32 Å². The molecule has 2 aromatic heterocycles. The number of oxime groups is 1. The molecule has 1 atom stereocenters. The average Bonchev–Trinajstić information content (AvgIpc) is 3.29. The Balaban J connectivity index is 2.34. The first kappa shape index (κ1) is 33.1. The molecule has 0 radical (unpaired) electrons. The molecular weight excluding hydrogens is 576 g/mol. The highest BCUT2D eigenvalue weighted by Gasteiger charge is 2.58. The van der Waals surface area contributed by atoms with Crippen LogP contribution in [0.4, 0.5) is 36.8 Å². The predicted octanol–water partition coefficient (Wildman–Crippen LogP) is 7.12. The summed E-state index contributed by atoms with van der Waals surface area (Å²) in [4.78, 5) is 22.0. The molecule has 1 amide bonds. The van der Waals surface area contributed by atoms with Crippen molar-refractivity contribution in [3.05, 3.63) is 23.2 Å². The zero-order chi connectivity index (χ0) is 31.7. The van der Waals surface area contributed by atoms with Gasteiger partial charge in [-0.3, -0.25) is 5.32 Å². The summed E-state index contributed by atoms with van der Waals surface area (Å²) in [6.07, 6.45) is -11.7. The highest BCUT2D eigenvalue weighted by molar-refractivity contribution is 6.01. The molecule has 0 saturated heterocycles. The third kappa shape index (κ3) is 8.10. The first-order valence-corrected chi connectivity index (χ1v) is 13.1. The van der Waals surface area contributed by atoms with E-state index >= 15 is 0 Å². The van der Waals surface area contributed by atoms with Crippen LogP contribution in [-0.4, -0.2) is 49.5 Å². The van der Waals surface area contributed by atoms with E-state index in [0.29, 0.717) is 12.5 Å². The lowest BCUT2D eigenvalue weighted by atomic mass is 9.94. The maximum atomic E-state index is 14.4. The number of halogens is 6. The molecule has 0 spiro atoms.